The Morgan fingerprint density at radius 1 is 1.17 bits per heavy atom. The zero-order valence-corrected chi connectivity index (χ0v) is 10.5. The van der Waals surface area contributed by atoms with Gasteiger partial charge in [-0.05, 0) is 0 Å². The number of amidine groups is 1. The van der Waals surface area contributed by atoms with Crippen LogP contribution in [0.3, 0.4) is 0 Å². The zero-order valence-electron chi connectivity index (χ0n) is 10.5. The molecule has 0 unspecified atom stereocenters. The van der Waals surface area contributed by atoms with Crippen LogP contribution < -0.4 is 5.32 Å². The van der Waals surface area contributed by atoms with Crippen molar-refractivity contribution in [3.8, 4) is 0 Å². The Morgan fingerprint density at radius 2 is 1.83 bits per heavy atom. The molecule has 1 aliphatic heterocycles. The number of hydrogen-bond acceptors (Lipinski definition) is 4. The average Bonchev–Trinajstić information content (AvgIpc) is 2.93. The topological polar surface area (TPSA) is 50.4 Å². The highest BCUT2D eigenvalue weighted by molar-refractivity contribution is 5.85. The molecule has 1 aliphatic rings. The maximum absolute atomic E-state index is 4.98. The zero-order chi connectivity index (χ0) is 12.0. The molecule has 0 radical (unpaired) electrons. The van der Waals surface area contributed by atoms with Crippen LogP contribution >= 0.6 is 0 Å². The van der Waals surface area contributed by atoms with Gasteiger partial charge in [0.05, 0.1) is 18.6 Å². The summed E-state index contributed by atoms with van der Waals surface area (Å²) in [5, 5.41) is 3.21. The lowest BCUT2D eigenvalue weighted by Crippen LogP contribution is -2.23. The molecule has 4 heteroatoms. The molecule has 1 aromatic heterocycles. The molecule has 2 heterocycles. The van der Waals surface area contributed by atoms with E-state index in [0.717, 1.165) is 19.0 Å². The van der Waals surface area contributed by atoms with Gasteiger partial charge < -0.3 is 9.73 Å². The minimum Gasteiger partial charge on any atom is -0.449 e. The summed E-state index contributed by atoms with van der Waals surface area (Å²) < 4.78 is 4.98. The molecular weight excluding hydrogens is 226 g/mol. The molecular formula is C14H29N3O. The molecule has 0 fully saturated rings. The Kier molecular flexibility index (Phi) is 10.2. The third-order valence-corrected chi connectivity index (χ3v) is 2.19. The van der Waals surface area contributed by atoms with Gasteiger partial charge in [0.15, 0.2) is 5.89 Å². The number of rotatable bonds is 2. The summed E-state index contributed by atoms with van der Waals surface area (Å²) in [6.07, 6.45) is 3.25. The minimum absolute atomic E-state index is 0. The van der Waals surface area contributed by atoms with Crippen LogP contribution in [-0.4, -0.2) is 23.9 Å². The fourth-order valence-corrected chi connectivity index (χ4v) is 1.32. The van der Waals surface area contributed by atoms with Gasteiger partial charge in [-0.25, -0.2) is 4.98 Å². The standard InChI is InChI=1S/C6H12N2.C6H9NO.2CH4/c2*1-5(2)6-7-3-4-8-6;;/h5H,3-4H2,1-2H3,(H,7,8);3-5H,1-2H3;2*1H4. The molecule has 18 heavy (non-hydrogen) atoms. The molecule has 0 bridgehead atoms. The van der Waals surface area contributed by atoms with Crippen LogP contribution in [0.4, 0.5) is 0 Å². The van der Waals surface area contributed by atoms with Crippen molar-refractivity contribution in [3.63, 3.8) is 0 Å². The highest BCUT2D eigenvalue weighted by atomic mass is 16.3. The summed E-state index contributed by atoms with van der Waals surface area (Å²) in [4.78, 5) is 8.19. The number of hydrogen-bond donors (Lipinski definition) is 1. The fraction of sp³-hybridized carbons (Fsp3) is 0.714. The van der Waals surface area contributed by atoms with Gasteiger partial charge in [0.1, 0.15) is 6.26 Å². The predicted octanol–water partition coefficient (Wildman–Crippen LogP) is 3.71. The largest absolute Gasteiger partial charge is 0.449 e. The molecule has 0 amide bonds. The van der Waals surface area contributed by atoms with Crippen LogP contribution in [0.2, 0.25) is 0 Å². The van der Waals surface area contributed by atoms with E-state index in [1.807, 2.05) is 13.8 Å². The fourth-order valence-electron chi connectivity index (χ4n) is 1.32. The van der Waals surface area contributed by atoms with E-state index >= 15 is 0 Å². The van der Waals surface area contributed by atoms with Crippen molar-refractivity contribution in [2.24, 2.45) is 10.9 Å². The quantitative estimate of drug-likeness (QED) is 0.876. The molecule has 1 aromatic rings. The third-order valence-electron chi connectivity index (χ3n) is 2.19. The summed E-state index contributed by atoms with van der Waals surface area (Å²) in [7, 11) is 0. The van der Waals surface area contributed by atoms with E-state index in [-0.39, 0.29) is 14.9 Å². The Hall–Kier alpha value is -1.32. The maximum Gasteiger partial charge on any atom is 0.196 e. The number of oxazole rings is 1. The first-order valence-corrected chi connectivity index (χ1v) is 5.79. The molecule has 1 N–H and O–H groups in total. The summed E-state index contributed by atoms with van der Waals surface area (Å²) in [6, 6.07) is 0. The Labute approximate surface area is 112 Å². The van der Waals surface area contributed by atoms with Crippen molar-refractivity contribution in [2.75, 3.05) is 13.1 Å². The summed E-state index contributed by atoms with van der Waals surface area (Å²) in [5.74, 6) is 2.97. The molecule has 0 aliphatic carbocycles. The molecule has 106 valence electrons. The van der Waals surface area contributed by atoms with Gasteiger partial charge in [-0.1, -0.05) is 42.5 Å². The molecule has 2 rings (SSSR count). The van der Waals surface area contributed by atoms with E-state index in [0.29, 0.717) is 11.8 Å². The maximum atomic E-state index is 4.98. The average molecular weight is 255 g/mol. The first kappa shape index (κ1) is 19.0. The Morgan fingerprint density at radius 3 is 2.06 bits per heavy atom. The van der Waals surface area contributed by atoms with Gasteiger partial charge >= 0.3 is 0 Å². The monoisotopic (exact) mass is 255 g/mol. The second-order valence-corrected chi connectivity index (χ2v) is 4.37. The normalized spacial score (nSPS) is 12.9. The number of aliphatic imine (C=N–C) groups is 1. The molecule has 0 spiro atoms. The number of nitrogens with one attached hydrogen (secondary N) is 1. The van der Waals surface area contributed by atoms with E-state index in [2.05, 4.69) is 29.1 Å². The second kappa shape index (κ2) is 9.68. The van der Waals surface area contributed by atoms with Crippen LogP contribution in [0.15, 0.2) is 21.9 Å². The highest BCUT2D eigenvalue weighted by Crippen LogP contribution is 2.09. The van der Waals surface area contributed by atoms with Crippen LogP contribution in [0.25, 0.3) is 0 Å². The van der Waals surface area contributed by atoms with Gasteiger partial charge in [-0.15, -0.1) is 0 Å². The van der Waals surface area contributed by atoms with Crippen molar-refractivity contribution < 1.29 is 4.42 Å². The molecule has 0 saturated carbocycles. The highest BCUT2D eigenvalue weighted by Gasteiger charge is 2.07. The minimum atomic E-state index is 0. The second-order valence-electron chi connectivity index (χ2n) is 4.37. The summed E-state index contributed by atoms with van der Waals surface area (Å²) in [5.41, 5.74) is 0. The predicted molar refractivity (Wildman–Crippen MR) is 79.2 cm³/mol. The van der Waals surface area contributed by atoms with Crippen molar-refractivity contribution in [3.05, 3.63) is 18.4 Å². The first-order chi connectivity index (χ1) is 7.61. The van der Waals surface area contributed by atoms with Gasteiger partial charge in [0.25, 0.3) is 0 Å². The summed E-state index contributed by atoms with van der Waals surface area (Å²) >= 11 is 0. The van der Waals surface area contributed by atoms with Gasteiger partial charge in [-0.2, -0.15) is 0 Å². The van der Waals surface area contributed by atoms with Crippen LogP contribution in [-0.2, 0) is 0 Å². The summed E-state index contributed by atoms with van der Waals surface area (Å²) in [6.45, 7) is 10.4. The van der Waals surface area contributed by atoms with Gasteiger partial charge in [-0.3, -0.25) is 4.99 Å². The lowest BCUT2D eigenvalue weighted by atomic mass is 10.2. The number of aromatic nitrogens is 1. The molecule has 0 aromatic carbocycles. The van der Waals surface area contributed by atoms with Crippen molar-refractivity contribution in [2.45, 2.75) is 48.5 Å². The van der Waals surface area contributed by atoms with Crippen LogP contribution in [0.1, 0.15) is 54.4 Å². The Bertz CT molecular complexity index is 316. The number of nitrogens with zero attached hydrogens (tertiary/aromatic N) is 2. The molecule has 4 nitrogen and oxygen atoms in total. The van der Waals surface area contributed by atoms with Crippen molar-refractivity contribution >= 4 is 5.84 Å². The van der Waals surface area contributed by atoms with Crippen LogP contribution in [0, 0.1) is 5.92 Å². The van der Waals surface area contributed by atoms with E-state index in [1.165, 1.54) is 5.84 Å². The lowest BCUT2D eigenvalue weighted by molar-refractivity contribution is 0.471. The van der Waals surface area contributed by atoms with E-state index in [4.69, 9.17) is 4.42 Å². The Balaban J connectivity index is 0. The molecule has 0 atom stereocenters. The van der Waals surface area contributed by atoms with E-state index in [9.17, 15) is 0 Å². The first-order valence-electron chi connectivity index (χ1n) is 5.79. The van der Waals surface area contributed by atoms with E-state index in [1.54, 1.807) is 12.5 Å². The lowest BCUT2D eigenvalue weighted by Gasteiger charge is -2.02. The van der Waals surface area contributed by atoms with Crippen LogP contribution in [0.5, 0.6) is 0 Å². The molecule has 0 saturated heterocycles. The third kappa shape index (κ3) is 6.42. The SMILES string of the molecule is C.C.CC(C)C1=NCCN1.CC(C)c1ncco1. The van der Waals surface area contributed by atoms with E-state index < -0.39 is 0 Å². The van der Waals surface area contributed by atoms with Gasteiger partial charge in [0, 0.05) is 18.4 Å². The van der Waals surface area contributed by atoms with Crippen molar-refractivity contribution in [1.82, 2.24) is 10.3 Å². The van der Waals surface area contributed by atoms with Gasteiger partial charge in [0.2, 0.25) is 0 Å². The van der Waals surface area contributed by atoms with Crippen molar-refractivity contribution in [1.29, 1.82) is 0 Å². The smallest absolute Gasteiger partial charge is 0.196 e.